The van der Waals surface area contributed by atoms with Gasteiger partial charge in [0.1, 0.15) is 0 Å². The maximum absolute atomic E-state index is 12.8. The van der Waals surface area contributed by atoms with Gasteiger partial charge in [-0.25, -0.2) is 12.9 Å². The molecule has 0 saturated heterocycles. The Morgan fingerprint density at radius 3 is 2.52 bits per heavy atom. The van der Waals surface area contributed by atoms with Crippen LogP contribution < -0.4 is 15.8 Å². The van der Waals surface area contributed by atoms with Gasteiger partial charge >= 0.3 is 0 Å². The van der Waals surface area contributed by atoms with Gasteiger partial charge in [-0.1, -0.05) is 25.4 Å². The van der Waals surface area contributed by atoms with Gasteiger partial charge in [0.05, 0.1) is 45.3 Å². The average molecular weight is 492 g/mol. The van der Waals surface area contributed by atoms with Gasteiger partial charge in [0, 0.05) is 16.5 Å². The van der Waals surface area contributed by atoms with E-state index in [9.17, 15) is 18.3 Å². The van der Waals surface area contributed by atoms with Crippen molar-refractivity contribution in [2.24, 2.45) is 11.1 Å². The van der Waals surface area contributed by atoms with Crippen molar-refractivity contribution >= 4 is 44.4 Å². The van der Waals surface area contributed by atoms with Crippen LogP contribution >= 0.6 is 11.6 Å². The zero-order chi connectivity index (χ0) is 24.2. The van der Waals surface area contributed by atoms with E-state index in [1.807, 2.05) is 13.8 Å². The first kappa shape index (κ1) is 23.3. The van der Waals surface area contributed by atoms with Gasteiger partial charge in [0.25, 0.3) is 15.9 Å². The molecule has 0 radical (unpaired) electrons. The number of aromatic nitrogens is 2. The van der Waals surface area contributed by atoms with Gasteiger partial charge in [0.2, 0.25) is 0 Å². The van der Waals surface area contributed by atoms with Crippen LogP contribution in [0.15, 0.2) is 47.6 Å². The Morgan fingerprint density at radius 1 is 1.27 bits per heavy atom. The fourth-order valence-electron chi connectivity index (χ4n) is 4.19. The van der Waals surface area contributed by atoms with Crippen molar-refractivity contribution in [1.29, 1.82) is 0 Å². The predicted octanol–water partition coefficient (Wildman–Crippen LogP) is 3.24. The van der Waals surface area contributed by atoms with Gasteiger partial charge < -0.3 is 16.2 Å². The normalized spacial score (nSPS) is 22.4. The number of halogens is 1. The highest BCUT2D eigenvalue weighted by Crippen LogP contribution is 2.47. The Labute approximate surface area is 197 Å². The number of carbonyl (C=O) groups excluding carboxylic acids is 1. The minimum Gasteiger partial charge on any atom is -0.390 e. The largest absolute Gasteiger partial charge is 0.390 e. The third-order valence-corrected chi connectivity index (χ3v) is 8.43. The lowest BCUT2D eigenvalue weighted by Crippen LogP contribution is -2.45. The summed E-state index contributed by atoms with van der Waals surface area (Å²) in [5, 5.41) is 18.8. The number of anilines is 2. The standard InChI is InChI=1S/C22H26ClN5O4S/c1-21(2)18(8-9-22(21,3)30)26-19-16(20(24)29)11-25-28-12-14(10-17(19)28)27-33(31,32)15-6-4-13(23)5-7-15/h4-7,10-12,18,26-27,30H,8-9H2,1-3H3,(H2,24,29)/t18-,22-/m1/s1. The summed E-state index contributed by atoms with van der Waals surface area (Å²) >= 11 is 5.85. The minimum absolute atomic E-state index is 0.0567. The van der Waals surface area contributed by atoms with E-state index in [0.717, 1.165) is 0 Å². The fourth-order valence-corrected chi connectivity index (χ4v) is 5.35. The van der Waals surface area contributed by atoms with Crippen LogP contribution in [0.25, 0.3) is 5.52 Å². The molecule has 2 atom stereocenters. The molecule has 2 heterocycles. The van der Waals surface area contributed by atoms with E-state index in [1.54, 1.807) is 13.0 Å². The zero-order valence-electron chi connectivity index (χ0n) is 18.5. The monoisotopic (exact) mass is 491 g/mol. The molecule has 9 nitrogen and oxygen atoms in total. The minimum atomic E-state index is -3.87. The van der Waals surface area contributed by atoms with Gasteiger partial charge in [-0.3, -0.25) is 9.52 Å². The second-order valence-corrected chi connectivity index (χ2v) is 11.3. The number of carbonyl (C=O) groups is 1. The molecular weight excluding hydrogens is 466 g/mol. The summed E-state index contributed by atoms with van der Waals surface area (Å²) in [5.74, 6) is -0.667. The second-order valence-electron chi connectivity index (χ2n) is 9.15. The van der Waals surface area contributed by atoms with E-state index in [1.165, 1.54) is 41.2 Å². The molecule has 1 aromatic carbocycles. The summed E-state index contributed by atoms with van der Waals surface area (Å²) in [7, 11) is -3.87. The lowest BCUT2D eigenvalue weighted by Gasteiger charge is -2.38. The highest BCUT2D eigenvalue weighted by molar-refractivity contribution is 7.92. The first-order valence-electron chi connectivity index (χ1n) is 10.4. The zero-order valence-corrected chi connectivity index (χ0v) is 20.0. The lowest BCUT2D eigenvalue weighted by molar-refractivity contribution is -0.0283. The number of hydrogen-bond donors (Lipinski definition) is 4. The smallest absolute Gasteiger partial charge is 0.261 e. The number of nitrogens with zero attached hydrogens (tertiary/aromatic N) is 2. The van der Waals surface area contributed by atoms with E-state index in [0.29, 0.717) is 29.1 Å². The molecule has 5 N–H and O–H groups in total. The fraction of sp³-hybridized carbons (Fsp3) is 0.364. The Balaban J connectivity index is 1.73. The molecule has 0 bridgehead atoms. The average Bonchev–Trinajstić information content (AvgIpc) is 3.20. The summed E-state index contributed by atoms with van der Waals surface area (Å²) in [5.41, 5.74) is 5.57. The van der Waals surface area contributed by atoms with Crippen molar-refractivity contribution in [2.75, 3.05) is 10.0 Å². The number of benzene rings is 1. The van der Waals surface area contributed by atoms with Crippen molar-refractivity contribution in [3.63, 3.8) is 0 Å². The van der Waals surface area contributed by atoms with Gasteiger partial charge in [-0.2, -0.15) is 5.10 Å². The van der Waals surface area contributed by atoms with Crippen LogP contribution in [0.1, 0.15) is 44.0 Å². The Morgan fingerprint density at radius 2 is 1.94 bits per heavy atom. The molecule has 1 aliphatic carbocycles. The van der Waals surface area contributed by atoms with Gasteiger partial charge in [-0.05, 0) is 50.1 Å². The van der Waals surface area contributed by atoms with Crippen molar-refractivity contribution < 1.29 is 18.3 Å². The van der Waals surface area contributed by atoms with Crippen LogP contribution in [0.4, 0.5) is 11.4 Å². The molecule has 176 valence electrons. The molecule has 1 fully saturated rings. The second kappa shape index (κ2) is 7.89. The molecule has 11 heteroatoms. The number of sulfonamides is 1. The summed E-state index contributed by atoms with van der Waals surface area (Å²) in [4.78, 5) is 12.2. The quantitative estimate of drug-likeness (QED) is 0.417. The molecule has 2 aromatic heterocycles. The van der Waals surface area contributed by atoms with Gasteiger partial charge in [0.15, 0.2) is 0 Å². The van der Waals surface area contributed by atoms with E-state index < -0.39 is 26.9 Å². The highest BCUT2D eigenvalue weighted by atomic mass is 35.5. The maximum Gasteiger partial charge on any atom is 0.261 e. The van der Waals surface area contributed by atoms with Crippen LogP contribution in [0.3, 0.4) is 0 Å². The summed E-state index contributed by atoms with van der Waals surface area (Å²) < 4.78 is 29.6. The topological polar surface area (TPSA) is 139 Å². The predicted molar refractivity (Wildman–Crippen MR) is 127 cm³/mol. The number of hydrogen-bond acceptors (Lipinski definition) is 6. The molecule has 3 aromatic rings. The van der Waals surface area contributed by atoms with Crippen LogP contribution in [0.5, 0.6) is 0 Å². The van der Waals surface area contributed by atoms with Crippen molar-refractivity contribution in [1.82, 2.24) is 9.61 Å². The number of fused-ring (bicyclic) bond motifs is 1. The Hall–Kier alpha value is -2.82. The van der Waals surface area contributed by atoms with Crippen molar-refractivity contribution in [3.05, 3.63) is 53.3 Å². The number of primary amides is 1. The van der Waals surface area contributed by atoms with E-state index in [-0.39, 0.29) is 22.2 Å². The van der Waals surface area contributed by atoms with E-state index in [2.05, 4.69) is 15.1 Å². The molecule has 0 aliphatic heterocycles. The van der Waals surface area contributed by atoms with Crippen LogP contribution in [0, 0.1) is 5.41 Å². The van der Waals surface area contributed by atoms with E-state index >= 15 is 0 Å². The van der Waals surface area contributed by atoms with Crippen molar-refractivity contribution in [3.8, 4) is 0 Å². The Bertz CT molecular complexity index is 1330. The first-order chi connectivity index (χ1) is 15.3. The maximum atomic E-state index is 12.8. The number of nitrogens with one attached hydrogen (secondary N) is 2. The number of amides is 1. The number of aliphatic hydroxyl groups is 1. The summed E-state index contributed by atoms with van der Waals surface area (Å²) in [6.45, 7) is 5.72. The van der Waals surface area contributed by atoms with Gasteiger partial charge in [-0.15, -0.1) is 0 Å². The third kappa shape index (κ3) is 4.14. The summed E-state index contributed by atoms with van der Waals surface area (Å²) in [6.07, 6.45) is 4.13. The molecule has 0 unspecified atom stereocenters. The first-order valence-corrected chi connectivity index (χ1v) is 12.3. The SMILES string of the molecule is CC1(C)[C@H](Nc2c(C(N)=O)cnn3cc(NS(=O)(=O)c4ccc(Cl)cc4)cc23)CC[C@@]1(C)O. The lowest BCUT2D eigenvalue weighted by atomic mass is 9.76. The molecule has 1 aliphatic rings. The molecule has 33 heavy (non-hydrogen) atoms. The van der Waals surface area contributed by atoms with Crippen LogP contribution in [-0.2, 0) is 10.0 Å². The van der Waals surface area contributed by atoms with Crippen LogP contribution in [0.2, 0.25) is 5.02 Å². The molecule has 1 saturated carbocycles. The highest BCUT2D eigenvalue weighted by Gasteiger charge is 2.50. The van der Waals surface area contributed by atoms with E-state index in [4.69, 9.17) is 17.3 Å². The van der Waals surface area contributed by atoms with Crippen molar-refractivity contribution in [2.45, 2.75) is 50.2 Å². The number of nitrogens with two attached hydrogens (primary N) is 1. The number of rotatable bonds is 6. The Kier molecular flexibility index (Phi) is 5.58. The summed E-state index contributed by atoms with van der Waals surface area (Å²) in [6, 6.07) is 7.23. The molecule has 4 rings (SSSR count). The molecule has 0 spiro atoms. The third-order valence-electron chi connectivity index (χ3n) is 6.78. The molecule has 1 amide bonds. The molecular formula is C22H26ClN5O4S. The van der Waals surface area contributed by atoms with Crippen LogP contribution in [-0.4, -0.2) is 40.7 Å².